The molecule has 1 saturated carbocycles. The molecule has 1 N–H and O–H groups in total. The molecule has 0 radical (unpaired) electrons. The zero-order valence-corrected chi connectivity index (χ0v) is 15.1. The molecule has 0 aromatic heterocycles. The summed E-state index contributed by atoms with van der Waals surface area (Å²) in [6.45, 7) is 6.59. The van der Waals surface area contributed by atoms with Gasteiger partial charge in [-0.05, 0) is 38.1 Å². The molecule has 6 heteroatoms. The minimum Gasteiger partial charge on any atom is -0.480 e. The molecule has 24 heavy (non-hydrogen) atoms. The fourth-order valence-corrected chi connectivity index (χ4v) is 3.95. The number of carbonyl (C=O) groups excluding carboxylic acids is 1. The molecule has 1 amide bonds. The summed E-state index contributed by atoms with van der Waals surface area (Å²) in [6.07, 6.45) is 6.64. The number of carboxylic acid groups (broad SMARTS) is 1. The van der Waals surface area contributed by atoms with Crippen LogP contribution in [0.2, 0.25) is 0 Å². The van der Waals surface area contributed by atoms with E-state index in [1.165, 1.54) is 19.3 Å². The van der Waals surface area contributed by atoms with Gasteiger partial charge in [-0.1, -0.05) is 26.7 Å². The van der Waals surface area contributed by atoms with E-state index < -0.39 is 5.97 Å². The van der Waals surface area contributed by atoms with Gasteiger partial charge in [0.15, 0.2) is 0 Å². The summed E-state index contributed by atoms with van der Waals surface area (Å²) >= 11 is 0. The van der Waals surface area contributed by atoms with Crippen LogP contribution in [-0.4, -0.2) is 71.7 Å². The Morgan fingerprint density at radius 2 is 1.83 bits per heavy atom. The summed E-state index contributed by atoms with van der Waals surface area (Å²) in [5.74, 6) is -0.163. The lowest BCUT2D eigenvalue weighted by molar-refractivity contribution is -0.143. The fourth-order valence-electron chi connectivity index (χ4n) is 3.95. The Morgan fingerprint density at radius 3 is 2.42 bits per heavy atom. The first-order chi connectivity index (χ1) is 11.5. The number of amides is 1. The van der Waals surface area contributed by atoms with Gasteiger partial charge in [-0.2, -0.15) is 0 Å². The van der Waals surface area contributed by atoms with Crippen LogP contribution < -0.4 is 0 Å². The van der Waals surface area contributed by atoms with E-state index in [0.29, 0.717) is 19.0 Å². The summed E-state index contributed by atoms with van der Waals surface area (Å²) in [4.78, 5) is 27.2. The smallest absolute Gasteiger partial charge is 0.317 e. The molecule has 1 saturated heterocycles. The number of hydrogen-bond acceptors (Lipinski definition) is 4. The van der Waals surface area contributed by atoms with Gasteiger partial charge in [0.25, 0.3) is 0 Å². The van der Waals surface area contributed by atoms with Gasteiger partial charge < -0.3 is 14.7 Å². The molecule has 0 aromatic carbocycles. The van der Waals surface area contributed by atoms with E-state index in [2.05, 4.69) is 6.92 Å². The molecule has 1 aliphatic heterocycles. The Kier molecular flexibility index (Phi) is 7.49. The Balaban J connectivity index is 1.72. The molecule has 0 aromatic rings. The summed E-state index contributed by atoms with van der Waals surface area (Å²) < 4.78 is 5.88. The van der Waals surface area contributed by atoms with Crippen molar-refractivity contribution < 1.29 is 19.4 Å². The van der Waals surface area contributed by atoms with Crippen molar-refractivity contribution in [3.05, 3.63) is 0 Å². The Morgan fingerprint density at radius 1 is 1.17 bits per heavy atom. The molecule has 2 fully saturated rings. The molecular formula is C18H32N2O4. The predicted molar refractivity (Wildman–Crippen MR) is 91.9 cm³/mol. The number of ether oxygens (including phenoxy) is 1. The highest BCUT2D eigenvalue weighted by atomic mass is 16.5. The van der Waals surface area contributed by atoms with E-state index in [1.807, 2.05) is 16.7 Å². The zero-order chi connectivity index (χ0) is 17.5. The number of likely N-dealkylation sites (N-methyl/N-ethyl adjacent to an activating group) is 1. The highest BCUT2D eigenvalue weighted by molar-refractivity contribution is 5.77. The lowest BCUT2D eigenvalue weighted by Gasteiger charge is -2.37. The van der Waals surface area contributed by atoms with Crippen molar-refractivity contribution in [1.29, 1.82) is 0 Å². The average Bonchev–Trinajstić information content (AvgIpc) is 2.58. The van der Waals surface area contributed by atoms with E-state index >= 15 is 0 Å². The number of carbonyl (C=O) groups is 2. The summed E-state index contributed by atoms with van der Waals surface area (Å²) in [6, 6.07) is 0.259. The minimum atomic E-state index is -0.787. The van der Waals surface area contributed by atoms with Crippen molar-refractivity contribution in [2.45, 2.75) is 64.5 Å². The van der Waals surface area contributed by atoms with Gasteiger partial charge in [-0.25, -0.2) is 0 Å². The number of aliphatic carboxylic acids is 1. The molecule has 1 heterocycles. The molecule has 0 bridgehead atoms. The standard InChI is InChI=1S/C18H32N2O4/c1-3-19(12-18(22)23)15-8-10-20(11-9-15)17(21)13-24-16-7-5-4-6-14(16)2/h14-16H,3-13H2,1-2H3,(H,22,23). The summed E-state index contributed by atoms with van der Waals surface area (Å²) in [7, 11) is 0. The fraction of sp³-hybridized carbons (Fsp3) is 0.889. The second-order valence-corrected chi connectivity index (χ2v) is 7.18. The normalized spacial score (nSPS) is 25.9. The van der Waals surface area contributed by atoms with E-state index in [0.717, 1.165) is 25.8 Å². The van der Waals surface area contributed by atoms with Crippen molar-refractivity contribution in [1.82, 2.24) is 9.80 Å². The van der Waals surface area contributed by atoms with Crippen LogP contribution in [0.3, 0.4) is 0 Å². The maximum absolute atomic E-state index is 12.4. The number of rotatable bonds is 7. The van der Waals surface area contributed by atoms with Crippen molar-refractivity contribution in [3.8, 4) is 0 Å². The van der Waals surface area contributed by atoms with Crippen molar-refractivity contribution >= 4 is 11.9 Å². The molecule has 2 rings (SSSR count). The van der Waals surface area contributed by atoms with Crippen LogP contribution in [0.5, 0.6) is 0 Å². The van der Waals surface area contributed by atoms with Gasteiger partial charge >= 0.3 is 5.97 Å². The van der Waals surface area contributed by atoms with Crippen LogP contribution in [-0.2, 0) is 14.3 Å². The maximum atomic E-state index is 12.4. The minimum absolute atomic E-state index is 0.0764. The van der Waals surface area contributed by atoms with Gasteiger partial charge in [0.2, 0.25) is 5.91 Å². The largest absolute Gasteiger partial charge is 0.480 e. The van der Waals surface area contributed by atoms with E-state index in [1.54, 1.807) is 0 Å². The molecule has 2 atom stereocenters. The van der Waals surface area contributed by atoms with Gasteiger partial charge in [0.1, 0.15) is 6.61 Å². The van der Waals surface area contributed by atoms with Crippen molar-refractivity contribution in [3.63, 3.8) is 0 Å². The number of likely N-dealkylation sites (tertiary alicyclic amines) is 1. The molecule has 0 spiro atoms. The molecule has 1 aliphatic carbocycles. The third-order valence-corrected chi connectivity index (χ3v) is 5.53. The second kappa shape index (κ2) is 9.37. The van der Waals surface area contributed by atoms with Crippen molar-refractivity contribution in [2.24, 2.45) is 5.92 Å². The van der Waals surface area contributed by atoms with Crippen LogP contribution in [0.15, 0.2) is 0 Å². The second-order valence-electron chi connectivity index (χ2n) is 7.18. The lowest BCUT2D eigenvalue weighted by Crippen LogP contribution is -2.49. The van der Waals surface area contributed by atoms with Crippen LogP contribution in [0, 0.1) is 5.92 Å². The Labute approximate surface area is 145 Å². The first-order valence-electron chi connectivity index (χ1n) is 9.36. The van der Waals surface area contributed by atoms with E-state index in [4.69, 9.17) is 9.84 Å². The monoisotopic (exact) mass is 340 g/mol. The van der Waals surface area contributed by atoms with Crippen LogP contribution >= 0.6 is 0 Å². The zero-order valence-electron chi connectivity index (χ0n) is 15.1. The SMILES string of the molecule is CCN(CC(=O)O)C1CCN(C(=O)COC2CCCCC2C)CC1. The van der Waals surface area contributed by atoms with Gasteiger partial charge in [-0.3, -0.25) is 14.5 Å². The average molecular weight is 340 g/mol. The third kappa shape index (κ3) is 5.45. The van der Waals surface area contributed by atoms with E-state index in [-0.39, 0.29) is 31.2 Å². The molecule has 6 nitrogen and oxygen atoms in total. The summed E-state index contributed by atoms with van der Waals surface area (Å²) in [5, 5.41) is 8.98. The van der Waals surface area contributed by atoms with Crippen LogP contribution in [0.25, 0.3) is 0 Å². The van der Waals surface area contributed by atoms with Crippen LogP contribution in [0.4, 0.5) is 0 Å². The molecular weight excluding hydrogens is 308 g/mol. The third-order valence-electron chi connectivity index (χ3n) is 5.53. The Hall–Kier alpha value is -1.14. The topological polar surface area (TPSA) is 70.1 Å². The summed E-state index contributed by atoms with van der Waals surface area (Å²) in [5.41, 5.74) is 0. The quantitative estimate of drug-likeness (QED) is 0.767. The van der Waals surface area contributed by atoms with Crippen molar-refractivity contribution in [2.75, 3.05) is 32.8 Å². The highest BCUT2D eigenvalue weighted by Crippen LogP contribution is 2.26. The first kappa shape index (κ1) is 19.2. The van der Waals surface area contributed by atoms with Gasteiger partial charge in [-0.15, -0.1) is 0 Å². The first-order valence-corrected chi connectivity index (χ1v) is 9.36. The molecule has 2 aliphatic rings. The number of hydrogen-bond donors (Lipinski definition) is 1. The highest BCUT2D eigenvalue weighted by Gasteiger charge is 2.28. The molecule has 138 valence electrons. The number of carboxylic acids is 1. The molecule has 2 unspecified atom stereocenters. The van der Waals surface area contributed by atoms with Gasteiger partial charge in [0, 0.05) is 19.1 Å². The lowest BCUT2D eigenvalue weighted by atomic mass is 9.88. The number of nitrogens with zero attached hydrogens (tertiary/aromatic N) is 2. The number of piperidine rings is 1. The van der Waals surface area contributed by atoms with Crippen LogP contribution in [0.1, 0.15) is 52.4 Å². The maximum Gasteiger partial charge on any atom is 0.317 e. The predicted octanol–water partition coefficient (Wildman–Crippen LogP) is 1.98. The Bertz CT molecular complexity index is 421. The van der Waals surface area contributed by atoms with E-state index in [9.17, 15) is 9.59 Å². The van der Waals surface area contributed by atoms with Gasteiger partial charge in [0.05, 0.1) is 12.6 Å².